The number of fused-ring (bicyclic) bond motifs is 1. The van der Waals surface area contributed by atoms with Crippen LogP contribution in [-0.4, -0.2) is 15.7 Å². The molecule has 0 aliphatic carbocycles. The lowest BCUT2D eigenvalue weighted by atomic mass is 10.3. The van der Waals surface area contributed by atoms with Gasteiger partial charge in [0.1, 0.15) is 12.2 Å². The van der Waals surface area contributed by atoms with Crippen LogP contribution in [0.5, 0.6) is 0 Å². The minimum atomic E-state index is -4.24. The van der Waals surface area contributed by atoms with Crippen molar-refractivity contribution in [2.24, 2.45) is 7.05 Å². The second kappa shape index (κ2) is 3.69. The van der Waals surface area contributed by atoms with Crippen molar-refractivity contribution < 1.29 is 13.2 Å². The minimum absolute atomic E-state index is 0.0152. The summed E-state index contributed by atoms with van der Waals surface area (Å²) in [5, 5.41) is 0. The monoisotopic (exact) mass is 246 g/mol. The molecule has 1 aromatic carbocycles. The first-order valence-corrected chi connectivity index (χ1v) is 5.02. The van der Waals surface area contributed by atoms with Gasteiger partial charge in [-0.1, -0.05) is 0 Å². The fraction of sp³-hybridized carbons (Fsp3) is 0.300. The van der Waals surface area contributed by atoms with E-state index < -0.39 is 12.6 Å². The fourth-order valence-electron chi connectivity index (χ4n) is 1.57. The summed E-state index contributed by atoms with van der Waals surface area (Å²) in [4.78, 5) is 4.65. The SMILES string of the molecule is Cn1c(CC(F)(F)F)nc2ccc(S)cc21. The Morgan fingerprint density at radius 2 is 2.06 bits per heavy atom. The minimum Gasteiger partial charge on any atom is -0.331 e. The average Bonchev–Trinajstić information content (AvgIpc) is 2.42. The molecule has 0 fully saturated rings. The van der Waals surface area contributed by atoms with Gasteiger partial charge in [0.25, 0.3) is 0 Å². The van der Waals surface area contributed by atoms with Crippen molar-refractivity contribution >= 4 is 23.7 Å². The van der Waals surface area contributed by atoms with E-state index in [4.69, 9.17) is 0 Å². The number of thiol groups is 1. The molecule has 2 aromatic rings. The maximum atomic E-state index is 12.3. The summed E-state index contributed by atoms with van der Waals surface area (Å²) in [5.41, 5.74) is 1.21. The summed E-state index contributed by atoms with van der Waals surface area (Å²) in [7, 11) is 1.57. The number of rotatable bonds is 1. The molecule has 1 aromatic heterocycles. The number of hydrogen-bond acceptors (Lipinski definition) is 2. The van der Waals surface area contributed by atoms with E-state index in [1.807, 2.05) is 0 Å². The summed E-state index contributed by atoms with van der Waals surface area (Å²) in [6.45, 7) is 0. The molecule has 0 radical (unpaired) electrons. The molecular weight excluding hydrogens is 237 g/mol. The van der Waals surface area contributed by atoms with Gasteiger partial charge in [-0.2, -0.15) is 13.2 Å². The normalized spacial score (nSPS) is 12.3. The van der Waals surface area contributed by atoms with E-state index in [0.29, 0.717) is 15.9 Å². The van der Waals surface area contributed by atoms with Gasteiger partial charge in [0.05, 0.1) is 11.0 Å². The maximum Gasteiger partial charge on any atom is 0.396 e. The summed E-state index contributed by atoms with van der Waals surface area (Å²) in [5.74, 6) is 0.0152. The number of halogens is 3. The van der Waals surface area contributed by atoms with Crippen molar-refractivity contribution in [1.29, 1.82) is 0 Å². The van der Waals surface area contributed by atoms with Crippen LogP contribution in [0, 0.1) is 0 Å². The van der Waals surface area contributed by atoms with Gasteiger partial charge in [-0.05, 0) is 18.2 Å². The van der Waals surface area contributed by atoms with Crippen molar-refractivity contribution in [3.8, 4) is 0 Å². The number of imidazole rings is 1. The average molecular weight is 246 g/mol. The third-order valence-electron chi connectivity index (χ3n) is 2.32. The summed E-state index contributed by atoms with van der Waals surface area (Å²) in [6, 6.07) is 5.07. The Balaban J connectivity index is 2.52. The van der Waals surface area contributed by atoms with Crippen molar-refractivity contribution in [3.05, 3.63) is 24.0 Å². The first kappa shape index (κ1) is 11.3. The number of aryl methyl sites for hydroxylation is 1. The zero-order chi connectivity index (χ0) is 11.9. The lowest BCUT2D eigenvalue weighted by molar-refractivity contribution is -0.128. The predicted octanol–water partition coefficient (Wildman–Crippen LogP) is 2.97. The smallest absolute Gasteiger partial charge is 0.331 e. The van der Waals surface area contributed by atoms with Crippen molar-refractivity contribution in [3.63, 3.8) is 0 Å². The highest BCUT2D eigenvalue weighted by Gasteiger charge is 2.30. The number of nitrogens with zero attached hydrogens (tertiary/aromatic N) is 2. The first-order valence-electron chi connectivity index (χ1n) is 4.58. The maximum absolute atomic E-state index is 12.3. The van der Waals surface area contributed by atoms with Gasteiger partial charge in [-0.15, -0.1) is 12.6 Å². The Morgan fingerprint density at radius 1 is 1.38 bits per heavy atom. The lowest BCUT2D eigenvalue weighted by Crippen LogP contribution is -2.15. The number of aromatic nitrogens is 2. The summed E-state index contributed by atoms with van der Waals surface area (Å²) >= 11 is 4.14. The highest BCUT2D eigenvalue weighted by Crippen LogP contribution is 2.24. The Bertz CT molecular complexity index is 531. The molecule has 0 aliphatic rings. The van der Waals surface area contributed by atoms with Gasteiger partial charge < -0.3 is 4.57 Å². The second-order valence-electron chi connectivity index (χ2n) is 3.55. The molecule has 0 saturated carbocycles. The van der Waals surface area contributed by atoms with E-state index >= 15 is 0 Å². The van der Waals surface area contributed by atoms with E-state index in [0.717, 1.165) is 0 Å². The van der Waals surface area contributed by atoms with Crippen LogP contribution in [0.2, 0.25) is 0 Å². The van der Waals surface area contributed by atoms with Gasteiger partial charge in [0, 0.05) is 11.9 Å². The Kier molecular flexibility index (Phi) is 2.61. The quantitative estimate of drug-likeness (QED) is 0.766. The van der Waals surface area contributed by atoms with Crippen LogP contribution < -0.4 is 0 Å². The molecule has 0 spiro atoms. The predicted molar refractivity (Wildman–Crippen MR) is 57.7 cm³/mol. The van der Waals surface area contributed by atoms with E-state index in [1.54, 1.807) is 25.2 Å². The van der Waals surface area contributed by atoms with Crippen LogP contribution in [0.15, 0.2) is 23.1 Å². The molecule has 0 atom stereocenters. The molecule has 0 saturated heterocycles. The summed E-state index contributed by atoms with van der Waals surface area (Å²) < 4.78 is 38.2. The third-order valence-corrected chi connectivity index (χ3v) is 2.59. The van der Waals surface area contributed by atoms with E-state index in [2.05, 4.69) is 17.6 Å². The first-order chi connectivity index (χ1) is 7.37. The van der Waals surface area contributed by atoms with Gasteiger partial charge in [-0.25, -0.2) is 4.98 Å². The molecule has 0 aliphatic heterocycles. The zero-order valence-electron chi connectivity index (χ0n) is 8.41. The Hall–Kier alpha value is -1.17. The molecule has 6 heteroatoms. The van der Waals surface area contributed by atoms with Crippen LogP contribution in [-0.2, 0) is 13.5 Å². The molecule has 0 bridgehead atoms. The Morgan fingerprint density at radius 3 is 2.69 bits per heavy atom. The van der Waals surface area contributed by atoms with Crippen molar-refractivity contribution in [2.75, 3.05) is 0 Å². The molecule has 1 heterocycles. The molecule has 2 nitrogen and oxygen atoms in total. The molecule has 86 valence electrons. The van der Waals surface area contributed by atoms with E-state index in [-0.39, 0.29) is 5.82 Å². The zero-order valence-corrected chi connectivity index (χ0v) is 9.31. The Labute approximate surface area is 95.5 Å². The number of hydrogen-bond donors (Lipinski definition) is 1. The van der Waals surface area contributed by atoms with Crippen LogP contribution in [0.25, 0.3) is 11.0 Å². The van der Waals surface area contributed by atoms with Crippen LogP contribution in [0.4, 0.5) is 13.2 Å². The van der Waals surface area contributed by atoms with Crippen molar-refractivity contribution in [2.45, 2.75) is 17.5 Å². The summed E-state index contributed by atoms with van der Waals surface area (Å²) in [6.07, 6.45) is -5.25. The van der Waals surface area contributed by atoms with Gasteiger partial charge in [-0.3, -0.25) is 0 Å². The van der Waals surface area contributed by atoms with Crippen LogP contribution in [0.3, 0.4) is 0 Å². The molecule has 0 unspecified atom stereocenters. The topological polar surface area (TPSA) is 17.8 Å². The molecule has 0 amide bonds. The molecule has 16 heavy (non-hydrogen) atoms. The highest BCUT2D eigenvalue weighted by molar-refractivity contribution is 7.80. The van der Waals surface area contributed by atoms with Crippen molar-refractivity contribution in [1.82, 2.24) is 9.55 Å². The molecular formula is C10H9F3N2S. The van der Waals surface area contributed by atoms with E-state index in [9.17, 15) is 13.2 Å². The lowest BCUT2D eigenvalue weighted by Gasteiger charge is -2.05. The number of alkyl halides is 3. The van der Waals surface area contributed by atoms with Gasteiger partial charge >= 0.3 is 6.18 Å². The fourth-order valence-corrected chi connectivity index (χ4v) is 1.76. The van der Waals surface area contributed by atoms with Gasteiger partial charge in [0.15, 0.2) is 0 Å². The van der Waals surface area contributed by atoms with Crippen LogP contribution in [0.1, 0.15) is 5.82 Å². The largest absolute Gasteiger partial charge is 0.396 e. The van der Waals surface area contributed by atoms with E-state index in [1.165, 1.54) is 4.57 Å². The van der Waals surface area contributed by atoms with Gasteiger partial charge in [0.2, 0.25) is 0 Å². The third kappa shape index (κ3) is 2.16. The second-order valence-corrected chi connectivity index (χ2v) is 4.07. The number of benzene rings is 1. The molecule has 2 rings (SSSR count). The standard InChI is InChI=1S/C10H9F3N2S/c1-15-8-4-6(16)2-3-7(8)14-9(15)5-10(11,12)13/h2-4,16H,5H2,1H3. The van der Waals surface area contributed by atoms with Crippen LogP contribution >= 0.6 is 12.6 Å². The molecule has 0 N–H and O–H groups in total. The highest BCUT2D eigenvalue weighted by atomic mass is 32.1.